The molecule has 7 nitrogen and oxygen atoms in total. The van der Waals surface area contributed by atoms with Gasteiger partial charge in [0.1, 0.15) is 17.6 Å². The van der Waals surface area contributed by atoms with Crippen LogP contribution in [0.3, 0.4) is 0 Å². The second-order valence-corrected chi connectivity index (χ2v) is 7.88. The van der Waals surface area contributed by atoms with E-state index >= 15 is 0 Å². The molecule has 0 fully saturated rings. The van der Waals surface area contributed by atoms with Gasteiger partial charge in [-0.15, -0.1) is 0 Å². The van der Waals surface area contributed by atoms with Crippen LogP contribution in [0.15, 0.2) is 83.5 Å². The van der Waals surface area contributed by atoms with Crippen LogP contribution in [0.1, 0.15) is 16.7 Å². The number of halogens is 1. The number of esters is 1. The predicted molar refractivity (Wildman–Crippen MR) is 130 cm³/mol. The highest BCUT2D eigenvalue weighted by molar-refractivity contribution is 6.34. The Morgan fingerprint density at radius 3 is 2.54 bits per heavy atom. The van der Waals surface area contributed by atoms with E-state index in [0.717, 1.165) is 0 Å². The number of hydrogen-bond acceptors (Lipinski definition) is 7. The summed E-state index contributed by atoms with van der Waals surface area (Å²) in [4.78, 5) is 17.4. The highest BCUT2D eigenvalue weighted by Crippen LogP contribution is 2.41. The van der Waals surface area contributed by atoms with E-state index in [1.807, 2.05) is 30.3 Å². The van der Waals surface area contributed by atoms with Gasteiger partial charge in [0, 0.05) is 16.7 Å². The minimum absolute atomic E-state index is 0.105. The first-order chi connectivity index (χ1) is 17.1. The quantitative estimate of drug-likeness (QED) is 0.356. The van der Waals surface area contributed by atoms with E-state index in [-0.39, 0.29) is 18.2 Å². The molecule has 5 rings (SSSR count). The number of methoxy groups -OCH3 is 1. The highest BCUT2D eigenvalue weighted by Gasteiger charge is 2.31. The summed E-state index contributed by atoms with van der Waals surface area (Å²) in [6, 6.07) is 21.5. The molecule has 3 aromatic rings. The molecule has 0 saturated heterocycles. The number of para-hydroxylation sites is 1. The van der Waals surface area contributed by atoms with Crippen LogP contribution in [-0.4, -0.2) is 25.6 Å². The number of nitrogens with zero attached hydrogens (tertiary/aromatic N) is 2. The first kappa shape index (κ1) is 22.3. The maximum atomic E-state index is 12.9. The second kappa shape index (κ2) is 9.37. The Labute approximate surface area is 206 Å². The Balaban J connectivity index is 1.63. The number of ether oxygens (including phenoxy) is 4. The number of hydrogen-bond donors (Lipinski definition) is 0. The minimum atomic E-state index is -0.583. The van der Waals surface area contributed by atoms with Gasteiger partial charge in [-0.2, -0.15) is 5.26 Å². The molecule has 0 amide bonds. The first-order valence-electron chi connectivity index (χ1n) is 10.6. The van der Waals surface area contributed by atoms with Crippen molar-refractivity contribution in [2.75, 3.05) is 13.7 Å². The van der Waals surface area contributed by atoms with Gasteiger partial charge >= 0.3 is 5.97 Å². The normalized spacial score (nSPS) is 16.3. The molecular formula is C27H17ClN2O5. The summed E-state index contributed by atoms with van der Waals surface area (Å²) in [5.41, 5.74) is 2.61. The average molecular weight is 485 g/mol. The van der Waals surface area contributed by atoms with Gasteiger partial charge in [-0.3, -0.25) is 0 Å². The third-order valence-corrected chi connectivity index (χ3v) is 5.70. The Kier molecular flexibility index (Phi) is 5.96. The lowest BCUT2D eigenvalue weighted by Gasteiger charge is -2.21. The van der Waals surface area contributed by atoms with E-state index in [4.69, 9.17) is 35.8 Å². The van der Waals surface area contributed by atoms with Gasteiger partial charge in [-0.1, -0.05) is 41.9 Å². The molecule has 0 N–H and O–H groups in total. The summed E-state index contributed by atoms with van der Waals surface area (Å²) >= 11 is 6.28. The summed E-state index contributed by atoms with van der Waals surface area (Å²) in [5.74, 6) is 1.47. The molecule has 0 bridgehead atoms. The molecule has 0 radical (unpaired) electrons. The van der Waals surface area contributed by atoms with Crippen molar-refractivity contribution in [3.05, 3.63) is 100 Å². The topological polar surface area (TPSA) is 90.1 Å². The van der Waals surface area contributed by atoms with Gasteiger partial charge in [0.2, 0.25) is 5.90 Å². The van der Waals surface area contributed by atoms with Crippen molar-refractivity contribution in [1.82, 2.24) is 0 Å². The zero-order valence-corrected chi connectivity index (χ0v) is 19.2. The Morgan fingerprint density at radius 2 is 1.77 bits per heavy atom. The maximum absolute atomic E-state index is 12.9. The van der Waals surface area contributed by atoms with Crippen molar-refractivity contribution in [2.24, 2.45) is 4.99 Å². The van der Waals surface area contributed by atoms with Gasteiger partial charge < -0.3 is 18.9 Å². The number of allylic oxidation sites excluding steroid dienone is 2. The number of nitriles is 1. The molecule has 0 aliphatic carbocycles. The van der Waals surface area contributed by atoms with Gasteiger partial charge in [0.15, 0.2) is 23.8 Å². The molecule has 0 unspecified atom stereocenters. The summed E-state index contributed by atoms with van der Waals surface area (Å²) in [5, 5.41) is 9.23. The maximum Gasteiger partial charge on any atom is 0.364 e. The van der Waals surface area contributed by atoms with Crippen LogP contribution in [0.2, 0.25) is 5.02 Å². The second-order valence-electron chi connectivity index (χ2n) is 7.47. The number of carbonyl (C=O) groups excluding carboxylic acids is 1. The van der Waals surface area contributed by atoms with Crippen molar-refractivity contribution in [3.8, 4) is 23.3 Å². The molecule has 8 heteroatoms. The average Bonchev–Trinajstić information content (AvgIpc) is 3.27. The molecule has 0 saturated carbocycles. The Morgan fingerprint density at radius 1 is 1.00 bits per heavy atom. The monoisotopic (exact) mass is 484 g/mol. The Hall–Kier alpha value is -4.54. The SMILES string of the molecule is COc1cc(C2=C/C(=C3/N=C(c4ccccc4Cl)OC3=O)c3ccccc3O2)ccc1OCC#N. The van der Waals surface area contributed by atoms with Crippen LogP contribution in [0.5, 0.6) is 17.2 Å². The van der Waals surface area contributed by atoms with E-state index < -0.39 is 5.97 Å². The molecule has 172 valence electrons. The predicted octanol–water partition coefficient (Wildman–Crippen LogP) is 5.40. The third kappa shape index (κ3) is 4.23. The van der Waals surface area contributed by atoms with Crippen molar-refractivity contribution >= 4 is 34.8 Å². The van der Waals surface area contributed by atoms with Crippen molar-refractivity contribution in [1.29, 1.82) is 5.26 Å². The zero-order valence-electron chi connectivity index (χ0n) is 18.4. The van der Waals surface area contributed by atoms with Gasteiger partial charge in [-0.25, -0.2) is 9.79 Å². The molecule has 2 heterocycles. The molecule has 0 spiro atoms. The van der Waals surface area contributed by atoms with E-state index in [1.165, 1.54) is 7.11 Å². The fraction of sp³-hybridized carbons (Fsp3) is 0.0741. The first-order valence-corrected chi connectivity index (χ1v) is 10.9. The van der Waals surface area contributed by atoms with E-state index in [1.54, 1.807) is 48.5 Å². The van der Waals surface area contributed by atoms with Crippen LogP contribution < -0.4 is 14.2 Å². The van der Waals surface area contributed by atoms with E-state index in [2.05, 4.69) is 4.99 Å². The lowest BCUT2D eigenvalue weighted by atomic mass is 9.97. The molecule has 2 aliphatic heterocycles. The summed E-state index contributed by atoms with van der Waals surface area (Å²) in [7, 11) is 1.51. The van der Waals surface area contributed by atoms with Gasteiger partial charge in [0.05, 0.1) is 17.7 Å². The number of cyclic esters (lactones) is 1. The van der Waals surface area contributed by atoms with E-state index in [9.17, 15) is 4.79 Å². The van der Waals surface area contributed by atoms with Crippen LogP contribution >= 0.6 is 11.6 Å². The number of carbonyl (C=O) groups is 1. The Bertz CT molecular complexity index is 1480. The number of benzene rings is 3. The van der Waals surface area contributed by atoms with Crippen molar-refractivity contribution in [2.45, 2.75) is 0 Å². The third-order valence-electron chi connectivity index (χ3n) is 5.37. The smallest absolute Gasteiger partial charge is 0.364 e. The fourth-order valence-electron chi connectivity index (χ4n) is 3.75. The minimum Gasteiger partial charge on any atom is -0.493 e. The van der Waals surface area contributed by atoms with Crippen molar-refractivity contribution in [3.63, 3.8) is 0 Å². The van der Waals surface area contributed by atoms with Crippen LogP contribution in [-0.2, 0) is 9.53 Å². The number of rotatable bonds is 5. The molecule has 35 heavy (non-hydrogen) atoms. The lowest BCUT2D eigenvalue weighted by molar-refractivity contribution is -0.129. The summed E-state index contributed by atoms with van der Waals surface area (Å²) in [6.07, 6.45) is 1.74. The standard InChI is InChI=1S/C27H17ClN2O5/c1-32-24-14-16(10-11-22(24)33-13-12-29)23-15-19(17-6-3-5-9-21(17)34-23)25-27(31)35-26(30-25)18-7-2-4-8-20(18)28/h2-11,14-15H,13H2,1H3/b25-19-. The summed E-state index contributed by atoms with van der Waals surface area (Å²) < 4.78 is 22.5. The number of aliphatic imine (C=N–C) groups is 1. The molecule has 0 aromatic heterocycles. The van der Waals surface area contributed by atoms with E-state index in [0.29, 0.717) is 50.3 Å². The van der Waals surface area contributed by atoms with Crippen LogP contribution in [0, 0.1) is 11.3 Å². The summed E-state index contributed by atoms with van der Waals surface area (Å²) in [6.45, 7) is -0.105. The molecular weight excluding hydrogens is 468 g/mol. The highest BCUT2D eigenvalue weighted by atomic mass is 35.5. The zero-order chi connectivity index (χ0) is 24.4. The largest absolute Gasteiger partial charge is 0.493 e. The van der Waals surface area contributed by atoms with Crippen molar-refractivity contribution < 1.29 is 23.7 Å². The molecule has 2 aliphatic rings. The van der Waals surface area contributed by atoms with Gasteiger partial charge in [0.25, 0.3) is 0 Å². The van der Waals surface area contributed by atoms with Crippen LogP contribution in [0.25, 0.3) is 11.3 Å². The molecule has 0 atom stereocenters. The lowest BCUT2D eigenvalue weighted by Crippen LogP contribution is -2.09. The van der Waals surface area contributed by atoms with Gasteiger partial charge in [-0.05, 0) is 42.5 Å². The fourth-order valence-corrected chi connectivity index (χ4v) is 3.97. The number of fused-ring (bicyclic) bond motifs is 1. The molecule has 3 aromatic carbocycles. The van der Waals surface area contributed by atoms with Crippen LogP contribution in [0.4, 0.5) is 0 Å².